The molecule has 1 fully saturated rings. The van der Waals surface area contributed by atoms with E-state index in [1.54, 1.807) is 4.90 Å². The average Bonchev–Trinajstić information content (AvgIpc) is 2.71. The second-order valence-corrected chi connectivity index (χ2v) is 6.64. The fourth-order valence-corrected chi connectivity index (χ4v) is 2.89. The quantitative estimate of drug-likeness (QED) is 0.465. The van der Waals surface area contributed by atoms with Gasteiger partial charge >= 0.3 is 11.8 Å². The number of nitrogens with zero attached hydrogens (tertiary/aromatic N) is 2. The summed E-state index contributed by atoms with van der Waals surface area (Å²) in [7, 11) is 0. The van der Waals surface area contributed by atoms with Crippen LogP contribution in [0.15, 0.2) is 42.6 Å². The van der Waals surface area contributed by atoms with Gasteiger partial charge in [-0.2, -0.15) is 0 Å². The topological polar surface area (TPSA) is 138 Å². The molecule has 0 radical (unpaired) electrons. The number of carbonyl (C=O) groups is 2. The highest BCUT2D eigenvalue weighted by molar-refractivity contribution is 6.39. The maximum Gasteiger partial charge on any atom is 0.314 e. The molecule has 2 amide bonds. The summed E-state index contributed by atoms with van der Waals surface area (Å²) in [5.41, 5.74) is 11.9. The Balaban J connectivity index is 0.000000397. The number of likely N-dealkylation sites (tertiary alicyclic amines) is 1. The van der Waals surface area contributed by atoms with Gasteiger partial charge in [-0.25, -0.2) is 4.98 Å². The highest BCUT2D eigenvalue weighted by Crippen LogP contribution is 2.24. The van der Waals surface area contributed by atoms with Crippen molar-refractivity contribution in [1.82, 2.24) is 9.88 Å². The maximum atomic E-state index is 12.2. The number of carbonyl (C=O) groups excluding carboxylic acids is 2. The van der Waals surface area contributed by atoms with Crippen LogP contribution in [-0.2, 0) is 9.59 Å². The normalized spacial score (nSPS) is 15.8. The monoisotopic (exact) mass is 382 g/mol. The molecule has 1 aliphatic rings. The van der Waals surface area contributed by atoms with Crippen LogP contribution in [0, 0.1) is 11.3 Å². The van der Waals surface area contributed by atoms with Gasteiger partial charge in [-0.15, -0.1) is 0 Å². The lowest BCUT2D eigenvalue weighted by Gasteiger charge is -2.30. The number of aromatic nitrogens is 1. The van der Waals surface area contributed by atoms with E-state index in [9.17, 15) is 9.59 Å². The predicted molar refractivity (Wildman–Crippen MR) is 111 cm³/mol. The Bertz CT molecular complexity index is 798. The lowest BCUT2D eigenvalue weighted by atomic mass is 10.0. The number of hydrogen-bond donors (Lipinski definition) is 4. The molecule has 1 aliphatic heterocycles. The molecule has 0 bridgehead atoms. The molecule has 0 spiro atoms. The first-order valence-corrected chi connectivity index (χ1v) is 9.08. The molecule has 1 aromatic carbocycles. The van der Waals surface area contributed by atoms with Crippen molar-refractivity contribution < 1.29 is 9.59 Å². The third-order valence-electron chi connectivity index (χ3n) is 4.39. The lowest BCUT2D eigenvalue weighted by Crippen LogP contribution is -2.44. The highest BCUT2D eigenvalue weighted by Gasteiger charge is 2.26. The molecule has 28 heavy (non-hydrogen) atoms. The molecule has 2 aromatic rings. The Morgan fingerprint density at radius 3 is 2.36 bits per heavy atom. The van der Waals surface area contributed by atoms with Crippen LogP contribution >= 0.6 is 0 Å². The van der Waals surface area contributed by atoms with Crippen LogP contribution in [0.4, 0.5) is 17.2 Å². The fraction of sp³-hybridized carbons (Fsp3) is 0.300. The number of hydrogen-bond acceptors (Lipinski definition) is 6. The van der Waals surface area contributed by atoms with Crippen molar-refractivity contribution in [3.8, 4) is 0 Å². The molecule has 1 unspecified atom stereocenters. The number of rotatable bonds is 2. The molecule has 3 rings (SSSR count). The van der Waals surface area contributed by atoms with Crippen LogP contribution in [0.3, 0.4) is 0 Å². The smallest absolute Gasteiger partial charge is 0.314 e. The van der Waals surface area contributed by atoms with Gasteiger partial charge in [0.15, 0.2) is 0 Å². The van der Waals surface area contributed by atoms with Crippen molar-refractivity contribution in [2.45, 2.75) is 19.8 Å². The first-order chi connectivity index (χ1) is 13.4. The molecule has 1 saturated heterocycles. The Labute approximate surface area is 164 Å². The van der Waals surface area contributed by atoms with E-state index in [1.165, 1.54) is 6.20 Å². The van der Waals surface area contributed by atoms with Gasteiger partial charge in [0.25, 0.3) is 0 Å². The summed E-state index contributed by atoms with van der Waals surface area (Å²) in [6.07, 6.45) is 4.19. The molecule has 1 atom stereocenters. The number of amides is 2. The van der Waals surface area contributed by atoms with Crippen LogP contribution in [0.1, 0.15) is 25.3 Å². The van der Waals surface area contributed by atoms with E-state index in [1.807, 2.05) is 36.4 Å². The van der Waals surface area contributed by atoms with Gasteiger partial charge < -0.3 is 27.1 Å². The van der Waals surface area contributed by atoms with E-state index in [0.29, 0.717) is 19.0 Å². The minimum absolute atomic E-state index is 0.0988. The summed E-state index contributed by atoms with van der Waals surface area (Å²) in [4.78, 5) is 29.6. The zero-order valence-electron chi connectivity index (χ0n) is 15.9. The minimum atomic E-state index is -0.761. The van der Waals surface area contributed by atoms with Crippen molar-refractivity contribution >= 4 is 35.2 Å². The number of nitrogens with two attached hydrogens (primary N) is 2. The van der Waals surface area contributed by atoms with Gasteiger partial charge in [-0.3, -0.25) is 9.59 Å². The third-order valence-corrected chi connectivity index (χ3v) is 4.39. The van der Waals surface area contributed by atoms with Crippen LogP contribution in [0.5, 0.6) is 0 Å². The SMILES string of the molecule is CC1CCCN(C(=O)C(=O)Nc2cnc(N)c(C=N)c2N)C1.c1ccccc1. The molecule has 0 saturated carbocycles. The Hall–Kier alpha value is -3.42. The molecule has 2 heterocycles. The zero-order chi connectivity index (χ0) is 20.5. The molecular formula is C20H26N6O2. The molecular weight excluding hydrogens is 356 g/mol. The van der Waals surface area contributed by atoms with Gasteiger partial charge in [0.05, 0.1) is 23.1 Å². The summed E-state index contributed by atoms with van der Waals surface area (Å²) in [6.45, 7) is 3.21. The first kappa shape index (κ1) is 20.9. The number of nitrogens with one attached hydrogen (secondary N) is 2. The summed E-state index contributed by atoms with van der Waals surface area (Å²) in [5, 5.41) is 9.71. The van der Waals surface area contributed by atoms with Crippen LogP contribution in [0.25, 0.3) is 0 Å². The van der Waals surface area contributed by atoms with Crippen LogP contribution in [0.2, 0.25) is 0 Å². The van der Waals surface area contributed by atoms with E-state index in [4.69, 9.17) is 16.9 Å². The molecule has 6 N–H and O–H groups in total. The molecule has 1 aromatic heterocycles. The van der Waals surface area contributed by atoms with E-state index in [0.717, 1.165) is 19.1 Å². The molecule has 0 aliphatic carbocycles. The van der Waals surface area contributed by atoms with E-state index < -0.39 is 11.8 Å². The molecule has 148 valence electrons. The molecule has 8 nitrogen and oxygen atoms in total. The van der Waals surface area contributed by atoms with Gasteiger partial charge in [-0.05, 0) is 18.8 Å². The number of benzene rings is 1. The second-order valence-electron chi connectivity index (χ2n) is 6.64. The molecule has 8 heteroatoms. The lowest BCUT2D eigenvalue weighted by molar-refractivity contribution is -0.144. The van der Waals surface area contributed by atoms with Crippen LogP contribution < -0.4 is 16.8 Å². The summed E-state index contributed by atoms with van der Waals surface area (Å²) in [6, 6.07) is 12.0. The number of nitrogen functional groups attached to an aromatic ring is 2. The number of piperidine rings is 1. The van der Waals surface area contributed by atoms with E-state index in [-0.39, 0.29) is 22.8 Å². The number of pyridine rings is 1. The van der Waals surface area contributed by atoms with E-state index >= 15 is 0 Å². The standard InChI is InChI=1S/C14H20N6O2.C6H6/c1-8-3-2-4-20(7-8)14(22)13(21)19-10-6-18-12(17)9(5-15)11(10)16;1-2-4-6-5-3-1/h5-6,8,15H,2-4,7H2,1H3,(H,19,21)(H4,16,17,18);1-6H. The summed E-state index contributed by atoms with van der Waals surface area (Å²) in [5.74, 6) is -0.859. The second kappa shape index (κ2) is 10.1. The highest BCUT2D eigenvalue weighted by atomic mass is 16.2. The zero-order valence-corrected chi connectivity index (χ0v) is 15.9. The minimum Gasteiger partial charge on any atom is -0.396 e. The Morgan fingerprint density at radius 1 is 1.21 bits per heavy atom. The Kier molecular flexibility index (Phi) is 7.50. The van der Waals surface area contributed by atoms with Gasteiger partial charge in [-0.1, -0.05) is 43.3 Å². The van der Waals surface area contributed by atoms with Crippen molar-refractivity contribution in [2.24, 2.45) is 5.92 Å². The van der Waals surface area contributed by atoms with Gasteiger partial charge in [0.2, 0.25) is 0 Å². The number of anilines is 3. The van der Waals surface area contributed by atoms with Gasteiger partial charge in [0, 0.05) is 19.3 Å². The van der Waals surface area contributed by atoms with Crippen molar-refractivity contribution in [3.05, 3.63) is 48.2 Å². The fourth-order valence-electron chi connectivity index (χ4n) is 2.89. The van der Waals surface area contributed by atoms with Crippen molar-refractivity contribution in [1.29, 1.82) is 5.41 Å². The van der Waals surface area contributed by atoms with Gasteiger partial charge in [0.1, 0.15) is 5.82 Å². The first-order valence-electron chi connectivity index (χ1n) is 9.08. The Morgan fingerprint density at radius 2 is 1.82 bits per heavy atom. The van der Waals surface area contributed by atoms with Crippen molar-refractivity contribution in [2.75, 3.05) is 29.9 Å². The summed E-state index contributed by atoms with van der Waals surface area (Å²) < 4.78 is 0. The third kappa shape index (κ3) is 5.54. The van der Waals surface area contributed by atoms with Crippen molar-refractivity contribution in [3.63, 3.8) is 0 Å². The van der Waals surface area contributed by atoms with Crippen LogP contribution in [-0.4, -0.2) is 41.0 Å². The summed E-state index contributed by atoms with van der Waals surface area (Å²) >= 11 is 0. The predicted octanol–water partition coefficient (Wildman–Crippen LogP) is 2.13. The maximum absolute atomic E-state index is 12.2. The van der Waals surface area contributed by atoms with E-state index in [2.05, 4.69) is 17.2 Å². The largest absolute Gasteiger partial charge is 0.396 e. The average molecular weight is 382 g/mol.